The second-order valence-electron chi connectivity index (χ2n) is 8.74. The van der Waals surface area contributed by atoms with E-state index in [-0.39, 0.29) is 5.91 Å². The Morgan fingerprint density at radius 3 is 2.71 bits per heavy atom. The van der Waals surface area contributed by atoms with E-state index in [4.69, 9.17) is 9.41 Å². The average Bonchev–Trinajstić information content (AvgIpc) is 3.63. The summed E-state index contributed by atoms with van der Waals surface area (Å²) < 4.78 is 5.39. The van der Waals surface area contributed by atoms with Gasteiger partial charge in [0.25, 0.3) is 5.91 Å². The fourth-order valence-electron chi connectivity index (χ4n) is 4.80. The second-order valence-corrected chi connectivity index (χ2v) is 9.82. The summed E-state index contributed by atoms with van der Waals surface area (Å²) in [6.45, 7) is 0.361. The number of nitrogens with one attached hydrogen (secondary N) is 2. The van der Waals surface area contributed by atoms with Crippen LogP contribution in [0.4, 0.5) is 5.00 Å². The number of H-pyrrole nitrogens is 1. The normalized spacial score (nSPS) is 13.4. The number of hydrogen-bond donors (Lipinski definition) is 2. The third-order valence-electron chi connectivity index (χ3n) is 6.50. The van der Waals surface area contributed by atoms with Gasteiger partial charge >= 0.3 is 0 Å². The molecular weight excluding hydrogens is 454 g/mol. The number of aliphatic imine (C=N–C) groups is 1. The van der Waals surface area contributed by atoms with Crippen LogP contribution < -0.4 is 5.32 Å². The van der Waals surface area contributed by atoms with Crippen molar-refractivity contribution in [3.8, 4) is 11.3 Å². The number of carbonyl (C=O) groups excluding carboxylic acids is 1. The molecule has 1 amide bonds. The molecule has 0 fully saturated rings. The molecule has 3 heterocycles. The molecule has 1 aliphatic rings. The number of furan rings is 1. The molecule has 0 saturated carbocycles. The van der Waals surface area contributed by atoms with Crippen LogP contribution in [-0.2, 0) is 19.4 Å². The molecule has 0 aliphatic heterocycles. The lowest BCUT2D eigenvalue weighted by Gasteiger charge is -2.12. The first kappa shape index (κ1) is 21.6. The van der Waals surface area contributed by atoms with Crippen molar-refractivity contribution in [2.75, 3.05) is 0 Å². The van der Waals surface area contributed by atoms with Gasteiger partial charge in [-0.15, -0.1) is 11.3 Å². The van der Waals surface area contributed by atoms with E-state index in [1.807, 2.05) is 48.7 Å². The summed E-state index contributed by atoms with van der Waals surface area (Å²) in [5.41, 5.74) is 6.10. The molecule has 0 bridgehead atoms. The molecule has 0 atom stereocenters. The molecule has 6 heteroatoms. The van der Waals surface area contributed by atoms with Crippen molar-refractivity contribution in [3.05, 3.63) is 100 Å². The molecule has 1 aliphatic carbocycles. The van der Waals surface area contributed by atoms with Crippen molar-refractivity contribution in [3.63, 3.8) is 0 Å². The zero-order valence-corrected chi connectivity index (χ0v) is 20.0. The summed E-state index contributed by atoms with van der Waals surface area (Å²) in [5, 5.41) is 4.92. The third kappa shape index (κ3) is 4.21. The van der Waals surface area contributed by atoms with Crippen LogP contribution in [0, 0.1) is 0 Å². The summed E-state index contributed by atoms with van der Waals surface area (Å²) >= 11 is 1.65. The Hall–Kier alpha value is -3.90. The zero-order chi connectivity index (χ0) is 23.6. The predicted octanol–water partition coefficient (Wildman–Crippen LogP) is 7.05. The highest BCUT2D eigenvalue weighted by Gasteiger charge is 2.25. The Bertz CT molecular complexity index is 1510. The van der Waals surface area contributed by atoms with Crippen molar-refractivity contribution >= 4 is 39.4 Å². The van der Waals surface area contributed by atoms with Crippen molar-refractivity contribution < 1.29 is 9.21 Å². The molecule has 6 rings (SSSR count). The minimum absolute atomic E-state index is 0.0878. The number of amides is 1. The number of benzene rings is 2. The Morgan fingerprint density at radius 2 is 1.86 bits per heavy atom. The summed E-state index contributed by atoms with van der Waals surface area (Å²) in [6.07, 6.45) is 7.73. The topological polar surface area (TPSA) is 70.4 Å². The van der Waals surface area contributed by atoms with Crippen molar-refractivity contribution in [1.82, 2.24) is 10.3 Å². The van der Waals surface area contributed by atoms with E-state index in [1.165, 1.54) is 4.88 Å². The smallest absolute Gasteiger partial charge is 0.255 e. The van der Waals surface area contributed by atoms with E-state index in [1.54, 1.807) is 17.6 Å². The van der Waals surface area contributed by atoms with Gasteiger partial charge in [-0.1, -0.05) is 48.5 Å². The number of para-hydroxylation sites is 1. The number of aryl methyl sites for hydroxylation is 1. The van der Waals surface area contributed by atoms with Crippen LogP contribution in [-0.4, -0.2) is 17.1 Å². The Labute approximate surface area is 207 Å². The quantitative estimate of drug-likeness (QED) is 0.256. The number of hydrogen-bond acceptors (Lipinski definition) is 4. The van der Waals surface area contributed by atoms with E-state index >= 15 is 0 Å². The highest BCUT2D eigenvalue weighted by atomic mass is 32.1. The fraction of sp³-hybridized carbons (Fsp3) is 0.172. The van der Waals surface area contributed by atoms with Crippen LogP contribution in [0.5, 0.6) is 0 Å². The SMILES string of the molecule is O=C(NCc1ccco1)c1c(N=Cc2c(-c3ccccc3)[nH]c3ccccc23)sc2c1CCCC2. The lowest BCUT2D eigenvalue weighted by molar-refractivity contribution is 0.0948. The van der Waals surface area contributed by atoms with Crippen molar-refractivity contribution in [1.29, 1.82) is 0 Å². The summed E-state index contributed by atoms with van der Waals surface area (Å²) in [7, 11) is 0. The van der Waals surface area contributed by atoms with E-state index < -0.39 is 0 Å². The van der Waals surface area contributed by atoms with Crippen molar-refractivity contribution in [2.24, 2.45) is 4.99 Å². The molecule has 2 N–H and O–H groups in total. The van der Waals surface area contributed by atoms with Crippen LogP contribution in [0.1, 0.15) is 45.0 Å². The molecule has 5 nitrogen and oxygen atoms in total. The van der Waals surface area contributed by atoms with Gasteiger partial charge < -0.3 is 14.7 Å². The summed E-state index contributed by atoms with van der Waals surface area (Å²) in [4.78, 5) is 23.1. The molecule has 0 saturated heterocycles. The number of aromatic amines is 1. The molecule has 2 aromatic carbocycles. The highest BCUT2D eigenvalue weighted by molar-refractivity contribution is 7.16. The van der Waals surface area contributed by atoms with Gasteiger partial charge in [-0.25, -0.2) is 4.99 Å². The third-order valence-corrected chi connectivity index (χ3v) is 7.70. The number of thiophene rings is 1. The van der Waals surface area contributed by atoms with Crippen molar-refractivity contribution in [2.45, 2.75) is 32.2 Å². The van der Waals surface area contributed by atoms with Gasteiger partial charge in [0.15, 0.2) is 0 Å². The molecule has 174 valence electrons. The maximum absolute atomic E-state index is 13.3. The van der Waals surface area contributed by atoms with Crippen LogP contribution in [0.2, 0.25) is 0 Å². The van der Waals surface area contributed by atoms with Gasteiger partial charge in [0.05, 0.1) is 24.1 Å². The Morgan fingerprint density at radius 1 is 1.03 bits per heavy atom. The molecular formula is C29H25N3O2S. The van der Waals surface area contributed by atoms with Gasteiger partial charge in [-0.2, -0.15) is 0 Å². The van der Waals surface area contributed by atoms with E-state index in [0.29, 0.717) is 12.1 Å². The van der Waals surface area contributed by atoms with Crippen LogP contribution >= 0.6 is 11.3 Å². The van der Waals surface area contributed by atoms with Gasteiger partial charge in [0, 0.05) is 27.6 Å². The second kappa shape index (κ2) is 9.39. The Balaban J connectivity index is 1.40. The standard InChI is InChI=1S/C29H25N3O2S/c33-28(30-17-20-11-8-16-34-20)26-22-13-5-7-15-25(22)35-29(26)31-18-23-21-12-4-6-14-24(21)32-27(23)19-9-2-1-3-10-19/h1-4,6,8-12,14,16,18,32H,5,7,13,15,17H2,(H,30,33). The number of fused-ring (bicyclic) bond motifs is 2. The Kier molecular flexibility index (Phi) is 5.80. The number of aromatic nitrogens is 1. The van der Waals surface area contributed by atoms with Gasteiger partial charge in [-0.05, 0) is 55.0 Å². The van der Waals surface area contributed by atoms with Crippen LogP contribution in [0.25, 0.3) is 22.2 Å². The number of carbonyl (C=O) groups is 1. The fourth-order valence-corrected chi connectivity index (χ4v) is 6.03. The van der Waals surface area contributed by atoms with Crippen LogP contribution in [0.15, 0.2) is 82.4 Å². The van der Waals surface area contributed by atoms with Crippen LogP contribution in [0.3, 0.4) is 0 Å². The molecule has 0 unspecified atom stereocenters. The highest BCUT2D eigenvalue weighted by Crippen LogP contribution is 2.40. The lowest BCUT2D eigenvalue weighted by atomic mass is 9.95. The van der Waals surface area contributed by atoms with E-state index in [9.17, 15) is 4.79 Å². The molecule has 5 aromatic rings. The largest absolute Gasteiger partial charge is 0.467 e. The number of nitrogens with zero attached hydrogens (tertiary/aromatic N) is 1. The maximum atomic E-state index is 13.3. The van der Waals surface area contributed by atoms with Gasteiger partial charge in [0.1, 0.15) is 10.8 Å². The summed E-state index contributed by atoms with van der Waals surface area (Å²) in [6, 6.07) is 22.2. The molecule has 0 spiro atoms. The maximum Gasteiger partial charge on any atom is 0.255 e. The number of rotatable bonds is 6. The monoisotopic (exact) mass is 479 g/mol. The first-order chi connectivity index (χ1) is 17.3. The molecule has 35 heavy (non-hydrogen) atoms. The molecule has 0 radical (unpaired) electrons. The first-order valence-corrected chi connectivity index (χ1v) is 12.7. The minimum Gasteiger partial charge on any atom is -0.467 e. The van der Waals surface area contributed by atoms with Gasteiger partial charge in [-0.3, -0.25) is 4.79 Å². The van der Waals surface area contributed by atoms with E-state index in [0.717, 1.165) is 69.7 Å². The average molecular weight is 480 g/mol. The summed E-state index contributed by atoms with van der Waals surface area (Å²) in [5.74, 6) is 0.647. The predicted molar refractivity (Wildman–Crippen MR) is 142 cm³/mol. The lowest BCUT2D eigenvalue weighted by Crippen LogP contribution is -2.23. The van der Waals surface area contributed by atoms with Gasteiger partial charge in [0.2, 0.25) is 0 Å². The minimum atomic E-state index is -0.0878. The molecule has 3 aromatic heterocycles. The van der Waals surface area contributed by atoms with E-state index in [2.05, 4.69) is 34.6 Å². The zero-order valence-electron chi connectivity index (χ0n) is 19.2. The first-order valence-electron chi connectivity index (χ1n) is 11.9.